The van der Waals surface area contributed by atoms with Gasteiger partial charge in [0, 0.05) is 31.2 Å². The molecular weight excluding hydrogens is 254 g/mol. The summed E-state index contributed by atoms with van der Waals surface area (Å²) in [5, 5.41) is 3.34. The van der Waals surface area contributed by atoms with Gasteiger partial charge in [0.1, 0.15) is 0 Å². The summed E-state index contributed by atoms with van der Waals surface area (Å²) in [4.78, 5) is 18.8. The molecule has 5 heteroatoms. The van der Waals surface area contributed by atoms with Crippen LogP contribution in [0.3, 0.4) is 0 Å². The molecule has 108 valence electrons. The SMILES string of the molecule is O=C(CC1COCCN1)N(Cc1ccccn1)C1CC1. The van der Waals surface area contributed by atoms with Crippen LogP contribution in [-0.4, -0.2) is 47.6 Å². The molecule has 0 aromatic carbocycles. The van der Waals surface area contributed by atoms with Gasteiger partial charge in [-0.3, -0.25) is 9.78 Å². The molecule has 1 aromatic heterocycles. The van der Waals surface area contributed by atoms with E-state index in [4.69, 9.17) is 4.74 Å². The highest BCUT2D eigenvalue weighted by Gasteiger charge is 2.33. The van der Waals surface area contributed by atoms with E-state index in [9.17, 15) is 4.79 Å². The molecule has 2 fully saturated rings. The normalized spacial score (nSPS) is 22.5. The number of hydrogen-bond donors (Lipinski definition) is 1. The Morgan fingerprint density at radius 1 is 1.45 bits per heavy atom. The number of carbonyl (C=O) groups excluding carboxylic acids is 1. The monoisotopic (exact) mass is 275 g/mol. The van der Waals surface area contributed by atoms with Crippen molar-refractivity contribution in [1.29, 1.82) is 0 Å². The molecule has 0 radical (unpaired) electrons. The second-order valence-electron chi connectivity index (χ2n) is 5.50. The average molecular weight is 275 g/mol. The highest BCUT2D eigenvalue weighted by molar-refractivity contribution is 5.77. The van der Waals surface area contributed by atoms with Crippen LogP contribution in [-0.2, 0) is 16.1 Å². The van der Waals surface area contributed by atoms with Gasteiger partial charge in [-0.05, 0) is 25.0 Å². The zero-order valence-electron chi connectivity index (χ0n) is 11.6. The molecule has 1 N–H and O–H groups in total. The van der Waals surface area contributed by atoms with Crippen LogP contribution in [0.1, 0.15) is 25.0 Å². The molecule has 5 nitrogen and oxygen atoms in total. The van der Waals surface area contributed by atoms with E-state index in [1.165, 1.54) is 0 Å². The Bertz CT molecular complexity index is 442. The van der Waals surface area contributed by atoms with Gasteiger partial charge in [-0.15, -0.1) is 0 Å². The van der Waals surface area contributed by atoms with Crippen molar-refractivity contribution in [3.63, 3.8) is 0 Å². The van der Waals surface area contributed by atoms with E-state index < -0.39 is 0 Å². The lowest BCUT2D eigenvalue weighted by Gasteiger charge is -2.27. The first-order valence-corrected chi connectivity index (χ1v) is 7.33. The number of hydrogen-bond acceptors (Lipinski definition) is 4. The number of carbonyl (C=O) groups is 1. The number of aromatic nitrogens is 1. The summed E-state index contributed by atoms with van der Waals surface area (Å²) >= 11 is 0. The Morgan fingerprint density at radius 2 is 2.35 bits per heavy atom. The highest BCUT2D eigenvalue weighted by atomic mass is 16.5. The smallest absolute Gasteiger partial charge is 0.224 e. The zero-order valence-corrected chi connectivity index (χ0v) is 11.6. The third-order valence-corrected chi connectivity index (χ3v) is 3.79. The molecule has 2 heterocycles. The molecule has 1 aromatic rings. The van der Waals surface area contributed by atoms with Gasteiger partial charge in [0.15, 0.2) is 0 Å². The summed E-state index contributed by atoms with van der Waals surface area (Å²) in [6.07, 6.45) is 4.53. The molecule has 0 bridgehead atoms. The van der Waals surface area contributed by atoms with Gasteiger partial charge in [0.2, 0.25) is 5.91 Å². The molecule has 1 saturated carbocycles. The Labute approximate surface area is 119 Å². The van der Waals surface area contributed by atoms with Crippen molar-refractivity contribution in [2.75, 3.05) is 19.8 Å². The van der Waals surface area contributed by atoms with Crippen LogP contribution in [0.2, 0.25) is 0 Å². The van der Waals surface area contributed by atoms with Crippen LogP contribution in [0.4, 0.5) is 0 Å². The first kappa shape index (κ1) is 13.5. The Morgan fingerprint density at radius 3 is 3.00 bits per heavy atom. The molecule has 1 saturated heterocycles. The second kappa shape index (κ2) is 6.33. The van der Waals surface area contributed by atoms with Gasteiger partial charge in [-0.25, -0.2) is 0 Å². The molecule has 1 aliphatic heterocycles. The summed E-state index contributed by atoms with van der Waals surface area (Å²) in [5.74, 6) is 0.209. The van der Waals surface area contributed by atoms with Gasteiger partial charge in [-0.1, -0.05) is 6.07 Å². The second-order valence-corrected chi connectivity index (χ2v) is 5.50. The Kier molecular flexibility index (Phi) is 4.28. The molecule has 0 spiro atoms. The number of nitrogens with zero attached hydrogens (tertiary/aromatic N) is 2. The van der Waals surface area contributed by atoms with E-state index in [-0.39, 0.29) is 11.9 Å². The van der Waals surface area contributed by atoms with Gasteiger partial charge in [0.05, 0.1) is 25.5 Å². The van der Waals surface area contributed by atoms with E-state index >= 15 is 0 Å². The van der Waals surface area contributed by atoms with E-state index in [2.05, 4.69) is 10.3 Å². The maximum absolute atomic E-state index is 12.5. The maximum atomic E-state index is 12.5. The van der Waals surface area contributed by atoms with E-state index in [1.54, 1.807) is 6.20 Å². The topological polar surface area (TPSA) is 54.5 Å². The van der Waals surface area contributed by atoms with Crippen LogP contribution >= 0.6 is 0 Å². The van der Waals surface area contributed by atoms with Crippen molar-refractivity contribution < 1.29 is 9.53 Å². The summed E-state index contributed by atoms with van der Waals surface area (Å²) in [6.45, 7) is 2.83. The van der Waals surface area contributed by atoms with Crippen LogP contribution in [0.5, 0.6) is 0 Å². The first-order valence-electron chi connectivity index (χ1n) is 7.33. The number of amides is 1. The van der Waals surface area contributed by atoms with Crippen molar-refractivity contribution in [2.45, 2.75) is 37.9 Å². The lowest BCUT2D eigenvalue weighted by Crippen LogP contribution is -2.45. The Hall–Kier alpha value is -1.46. The summed E-state index contributed by atoms with van der Waals surface area (Å²) in [5.41, 5.74) is 0.959. The quantitative estimate of drug-likeness (QED) is 0.869. The van der Waals surface area contributed by atoms with Gasteiger partial charge in [0.25, 0.3) is 0 Å². The molecular formula is C15H21N3O2. The van der Waals surface area contributed by atoms with Crippen molar-refractivity contribution in [3.8, 4) is 0 Å². The van der Waals surface area contributed by atoms with Gasteiger partial charge >= 0.3 is 0 Å². The summed E-state index contributed by atoms with van der Waals surface area (Å²) in [7, 11) is 0. The largest absolute Gasteiger partial charge is 0.378 e. The summed E-state index contributed by atoms with van der Waals surface area (Å²) < 4.78 is 5.41. The first-order chi connectivity index (χ1) is 9.83. The van der Waals surface area contributed by atoms with E-state index in [0.717, 1.165) is 31.7 Å². The predicted octanol–water partition coefficient (Wildman–Crippen LogP) is 0.951. The van der Waals surface area contributed by atoms with E-state index in [1.807, 2.05) is 23.1 Å². The standard InChI is InChI=1S/C15H21N3O2/c19-15(9-13-11-20-8-7-17-13)18(14-4-5-14)10-12-3-1-2-6-16-12/h1-3,6,13-14,17H,4-5,7-11H2. The fourth-order valence-corrected chi connectivity index (χ4v) is 2.55. The van der Waals surface area contributed by atoms with Crippen LogP contribution in [0.15, 0.2) is 24.4 Å². The molecule has 1 unspecified atom stereocenters. The molecule has 1 aliphatic carbocycles. The minimum Gasteiger partial charge on any atom is -0.378 e. The predicted molar refractivity (Wildman–Crippen MR) is 75.0 cm³/mol. The van der Waals surface area contributed by atoms with Crippen LogP contribution < -0.4 is 5.32 Å². The van der Waals surface area contributed by atoms with Gasteiger partial charge < -0.3 is 15.0 Å². The number of nitrogens with one attached hydrogen (secondary N) is 1. The third kappa shape index (κ3) is 3.55. The molecule has 3 rings (SSSR count). The third-order valence-electron chi connectivity index (χ3n) is 3.79. The van der Waals surface area contributed by atoms with Crippen molar-refractivity contribution in [1.82, 2.24) is 15.2 Å². The van der Waals surface area contributed by atoms with Crippen molar-refractivity contribution in [2.24, 2.45) is 0 Å². The maximum Gasteiger partial charge on any atom is 0.224 e. The average Bonchev–Trinajstić information content (AvgIpc) is 3.31. The fraction of sp³-hybridized carbons (Fsp3) is 0.600. The number of ether oxygens (including phenoxy) is 1. The molecule has 20 heavy (non-hydrogen) atoms. The van der Waals surface area contributed by atoms with Crippen molar-refractivity contribution >= 4 is 5.91 Å². The summed E-state index contributed by atoms with van der Waals surface area (Å²) in [6, 6.07) is 6.41. The van der Waals surface area contributed by atoms with Crippen LogP contribution in [0, 0.1) is 0 Å². The van der Waals surface area contributed by atoms with E-state index in [0.29, 0.717) is 25.6 Å². The lowest BCUT2D eigenvalue weighted by atomic mass is 10.1. The zero-order chi connectivity index (χ0) is 13.8. The molecule has 1 amide bonds. The number of pyridine rings is 1. The Balaban J connectivity index is 1.59. The lowest BCUT2D eigenvalue weighted by molar-refractivity contribution is -0.133. The van der Waals surface area contributed by atoms with Gasteiger partial charge in [-0.2, -0.15) is 0 Å². The van der Waals surface area contributed by atoms with Crippen LogP contribution in [0.25, 0.3) is 0 Å². The molecule has 2 aliphatic rings. The highest BCUT2D eigenvalue weighted by Crippen LogP contribution is 2.29. The van der Waals surface area contributed by atoms with Crippen molar-refractivity contribution in [3.05, 3.63) is 30.1 Å². The minimum absolute atomic E-state index is 0.154. The molecule has 1 atom stereocenters. The fourth-order valence-electron chi connectivity index (χ4n) is 2.55. The number of rotatable bonds is 5. The number of morpholine rings is 1. The minimum atomic E-state index is 0.154.